The number of likely N-dealkylation sites (tertiary alicyclic amines) is 1. The molecule has 0 aliphatic carbocycles. The average Bonchev–Trinajstić information content (AvgIpc) is 2.60. The Bertz CT molecular complexity index is 752. The van der Waals surface area contributed by atoms with Crippen LogP contribution in [0.25, 0.3) is 6.08 Å². The van der Waals surface area contributed by atoms with Gasteiger partial charge >= 0.3 is 6.03 Å². The lowest BCUT2D eigenvalue weighted by atomic mass is 10.0. The molecule has 0 bridgehead atoms. The van der Waals surface area contributed by atoms with Crippen molar-refractivity contribution in [2.75, 3.05) is 18.4 Å². The number of nitrogens with zero attached hydrogens (tertiary/aromatic N) is 2. The molecule has 1 aliphatic heterocycles. The van der Waals surface area contributed by atoms with Crippen LogP contribution in [0, 0.1) is 0 Å². The number of rotatable bonds is 2. The Morgan fingerprint density at radius 2 is 1.83 bits per heavy atom. The first kappa shape index (κ1) is 16.8. The Labute approximate surface area is 151 Å². The Morgan fingerprint density at radius 1 is 1.12 bits per heavy atom. The molecule has 2 heterocycles. The van der Waals surface area contributed by atoms with Gasteiger partial charge in [-0.05, 0) is 48.7 Å². The van der Waals surface area contributed by atoms with Gasteiger partial charge in [-0.15, -0.1) is 0 Å². The smallest absolute Gasteiger partial charge is 0.321 e. The summed E-state index contributed by atoms with van der Waals surface area (Å²) in [6, 6.07) is 8.90. The van der Waals surface area contributed by atoms with Crippen LogP contribution in [-0.4, -0.2) is 29.0 Å². The van der Waals surface area contributed by atoms with Crippen molar-refractivity contribution >= 4 is 41.0 Å². The van der Waals surface area contributed by atoms with Gasteiger partial charge in [0.1, 0.15) is 0 Å². The minimum Gasteiger partial charge on any atom is -0.324 e. The minimum absolute atomic E-state index is 0.0824. The summed E-state index contributed by atoms with van der Waals surface area (Å²) in [5, 5.41) is 4.23. The molecular formula is C18H17Cl2N3O. The summed E-state index contributed by atoms with van der Waals surface area (Å²) in [7, 11) is 0. The van der Waals surface area contributed by atoms with Crippen molar-refractivity contribution in [1.29, 1.82) is 0 Å². The van der Waals surface area contributed by atoms with Gasteiger partial charge in [-0.25, -0.2) is 4.79 Å². The predicted octanol–water partition coefficient (Wildman–Crippen LogP) is 5.10. The maximum atomic E-state index is 12.3. The number of hydrogen-bond acceptors (Lipinski definition) is 2. The highest BCUT2D eigenvalue weighted by Crippen LogP contribution is 2.26. The first-order valence-electron chi connectivity index (χ1n) is 7.72. The average molecular weight is 362 g/mol. The molecule has 1 fully saturated rings. The molecule has 1 N–H and O–H groups in total. The second-order valence-corrected chi connectivity index (χ2v) is 6.47. The molecular weight excluding hydrogens is 345 g/mol. The highest BCUT2D eigenvalue weighted by Gasteiger charge is 2.19. The molecule has 2 amide bonds. The number of nitrogens with one attached hydrogen (secondary N) is 1. The number of piperidine rings is 1. The number of carbonyl (C=O) groups excluding carboxylic acids is 1. The van der Waals surface area contributed by atoms with Crippen molar-refractivity contribution in [3.8, 4) is 0 Å². The van der Waals surface area contributed by atoms with Gasteiger partial charge in [-0.2, -0.15) is 0 Å². The van der Waals surface area contributed by atoms with Crippen LogP contribution in [0.3, 0.4) is 0 Å². The zero-order chi connectivity index (χ0) is 16.9. The lowest BCUT2D eigenvalue weighted by Gasteiger charge is -2.28. The second kappa shape index (κ2) is 7.69. The van der Waals surface area contributed by atoms with Crippen molar-refractivity contribution in [1.82, 2.24) is 9.88 Å². The van der Waals surface area contributed by atoms with E-state index in [2.05, 4.69) is 16.4 Å². The lowest BCUT2D eigenvalue weighted by molar-refractivity contribution is 0.208. The maximum absolute atomic E-state index is 12.3. The van der Waals surface area contributed by atoms with Gasteiger partial charge in [0.25, 0.3) is 0 Å². The van der Waals surface area contributed by atoms with Crippen molar-refractivity contribution in [3.63, 3.8) is 0 Å². The Kier molecular flexibility index (Phi) is 5.38. The van der Waals surface area contributed by atoms with Gasteiger partial charge in [-0.1, -0.05) is 34.9 Å². The second-order valence-electron chi connectivity index (χ2n) is 5.62. The number of carbonyl (C=O) groups is 1. The van der Waals surface area contributed by atoms with Crippen LogP contribution in [-0.2, 0) is 0 Å². The van der Waals surface area contributed by atoms with E-state index < -0.39 is 0 Å². The fraction of sp³-hybridized carbons (Fsp3) is 0.222. The van der Waals surface area contributed by atoms with Crippen LogP contribution < -0.4 is 5.32 Å². The standard InChI is InChI=1S/C18H17Cl2N3O/c19-15-1-2-17(20)14(12-15)11-13-5-9-23(10-6-13)18(24)22-16-3-7-21-8-4-16/h1-4,7-8,11-12H,5-6,9-10H2,(H,21,22,24). The first-order valence-corrected chi connectivity index (χ1v) is 8.48. The maximum Gasteiger partial charge on any atom is 0.321 e. The van der Waals surface area contributed by atoms with E-state index in [9.17, 15) is 4.79 Å². The monoisotopic (exact) mass is 361 g/mol. The molecule has 1 aromatic carbocycles. The van der Waals surface area contributed by atoms with Crippen molar-refractivity contribution < 1.29 is 4.79 Å². The Morgan fingerprint density at radius 3 is 2.54 bits per heavy atom. The Balaban J connectivity index is 1.60. The molecule has 6 heteroatoms. The highest BCUT2D eigenvalue weighted by atomic mass is 35.5. The van der Waals surface area contributed by atoms with Crippen LogP contribution in [0.4, 0.5) is 10.5 Å². The highest BCUT2D eigenvalue weighted by molar-refractivity contribution is 6.34. The number of hydrogen-bond donors (Lipinski definition) is 1. The van der Waals surface area contributed by atoms with E-state index in [-0.39, 0.29) is 6.03 Å². The summed E-state index contributed by atoms with van der Waals surface area (Å²) in [6.07, 6.45) is 7.04. The molecule has 124 valence electrons. The van der Waals surface area contributed by atoms with Gasteiger partial charge in [0.15, 0.2) is 0 Å². The molecule has 0 saturated carbocycles. The third-order valence-corrected chi connectivity index (χ3v) is 4.52. The third-order valence-electron chi connectivity index (χ3n) is 3.94. The molecule has 2 aromatic rings. The van der Waals surface area contributed by atoms with Crippen LogP contribution in [0.1, 0.15) is 18.4 Å². The van der Waals surface area contributed by atoms with Crippen molar-refractivity contribution in [3.05, 3.63) is 63.9 Å². The van der Waals surface area contributed by atoms with Crippen molar-refractivity contribution in [2.45, 2.75) is 12.8 Å². The van der Waals surface area contributed by atoms with Crippen LogP contribution in [0.15, 0.2) is 48.3 Å². The molecule has 3 rings (SSSR count). The van der Waals surface area contributed by atoms with E-state index in [1.54, 1.807) is 36.7 Å². The number of aromatic nitrogens is 1. The summed E-state index contributed by atoms with van der Waals surface area (Å²) in [6.45, 7) is 1.36. The van der Waals surface area contributed by atoms with E-state index in [1.807, 2.05) is 11.0 Å². The number of amides is 2. The van der Waals surface area contributed by atoms with Gasteiger partial charge in [0.05, 0.1) is 0 Å². The van der Waals surface area contributed by atoms with Gasteiger partial charge in [-0.3, -0.25) is 4.98 Å². The van der Waals surface area contributed by atoms with Gasteiger partial charge in [0.2, 0.25) is 0 Å². The molecule has 4 nitrogen and oxygen atoms in total. The molecule has 1 saturated heterocycles. The summed E-state index contributed by atoms with van der Waals surface area (Å²) in [4.78, 5) is 18.0. The molecule has 0 radical (unpaired) electrons. The minimum atomic E-state index is -0.0824. The molecule has 24 heavy (non-hydrogen) atoms. The molecule has 0 atom stereocenters. The number of urea groups is 1. The fourth-order valence-electron chi connectivity index (χ4n) is 2.62. The van der Waals surface area contributed by atoms with E-state index in [0.717, 1.165) is 24.1 Å². The predicted molar refractivity (Wildman–Crippen MR) is 98.5 cm³/mol. The van der Waals surface area contributed by atoms with Crippen LogP contribution in [0.2, 0.25) is 10.0 Å². The van der Waals surface area contributed by atoms with Crippen LogP contribution in [0.5, 0.6) is 0 Å². The van der Waals surface area contributed by atoms with E-state index in [1.165, 1.54) is 5.57 Å². The van der Waals surface area contributed by atoms with E-state index >= 15 is 0 Å². The van der Waals surface area contributed by atoms with Gasteiger partial charge in [0, 0.05) is 41.2 Å². The van der Waals surface area contributed by atoms with E-state index in [4.69, 9.17) is 23.2 Å². The largest absolute Gasteiger partial charge is 0.324 e. The molecule has 1 aliphatic rings. The summed E-state index contributed by atoms with van der Waals surface area (Å²) in [5.74, 6) is 0. The number of halogens is 2. The summed E-state index contributed by atoms with van der Waals surface area (Å²) in [5.41, 5.74) is 2.95. The van der Waals surface area contributed by atoms with Gasteiger partial charge < -0.3 is 10.2 Å². The number of benzene rings is 1. The quantitative estimate of drug-likeness (QED) is 0.808. The first-order chi connectivity index (χ1) is 11.6. The fourth-order valence-corrected chi connectivity index (χ4v) is 2.98. The third kappa shape index (κ3) is 4.28. The lowest BCUT2D eigenvalue weighted by Crippen LogP contribution is -2.39. The van der Waals surface area contributed by atoms with Crippen LogP contribution >= 0.6 is 23.2 Å². The number of pyridine rings is 1. The molecule has 0 spiro atoms. The molecule has 1 aromatic heterocycles. The zero-order valence-electron chi connectivity index (χ0n) is 13.0. The van der Waals surface area contributed by atoms with E-state index in [0.29, 0.717) is 23.1 Å². The SMILES string of the molecule is O=C(Nc1ccncc1)N1CCC(=Cc2cc(Cl)ccc2Cl)CC1. The summed E-state index contributed by atoms with van der Waals surface area (Å²) < 4.78 is 0. The number of anilines is 1. The Hall–Kier alpha value is -2.04. The summed E-state index contributed by atoms with van der Waals surface area (Å²) >= 11 is 12.2. The topological polar surface area (TPSA) is 45.2 Å². The van der Waals surface area contributed by atoms with Crippen molar-refractivity contribution in [2.24, 2.45) is 0 Å². The normalized spacial score (nSPS) is 14.4. The zero-order valence-corrected chi connectivity index (χ0v) is 14.5. The molecule has 0 unspecified atom stereocenters.